The molecule has 0 bridgehead atoms. The number of nitro benzene ring substituents is 1. The summed E-state index contributed by atoms with van der Waals surface area (Å²) in [6.45, 7) is 2.13. The van der Waals surface area contributed by atoms with Crippen LogP contribution in [-0.4, -0.2) is 22.8 Å². The van der Waals surface area contributed by atoms with E-state index in [2.05, 4.69) is 5.32 Å². The molecule has 6 heteroatoms. The van der Waals surface area contributed by atoms with Crippen molar-refractivity contribution < 1.29 is 9.72 Å². The Labute approximate surface area is 116 Å². The van der Waals surface area contributed by atoms with Crippen molar-refractivity contribution >= 4 is 23.2 Å². The molecule has 1 aromatic rings. The van der Waals surface area contributed by atoms with E-state index >= 15 is 0 Å². The highest BCUT2D eigenvalue weighted by Crippen LogP contribution is 2.35. The number of rotatable bonds is 5. The highest BCUT2D eigenvalue weighted by molar-refractivity contribution is 6.21. The molecule has 0 aromatic heterocycles. The standard InChI is InChI=1S/C13H15ClN2O3/c1-8-2-5-12(16(18)19)10(6-8)13(17)15-7-11(14)9-3-4-9/h2,5-6,9,11H,3-4,7H2,1H3,(H,15,17). The van der Waals surface area contributed by atoms with E-state index in [1.165, 1.54) is 12.1 Å². The van der Waals surface area contributed by atoms with Crippen molar-refractivity contribution in [2.75, 3.05) is 6.54 Å². The van der Waals surface area contributed by atoms with Crippen LogP contribution in [0.1, 0.15) is 28.8 Å². The third-order valence-electron chi connectivity index (χ3n) is 3.18. The molecular weight excluding hydrogens is 268 g/mol. The Hall–Kier alpha value is -1.62. The van der Waals surface area contributed by atoms with E-state index in [1.54, 1.807) is 13.0 Å². The molecule has 0 spiro atoms. The average Bonchev–Trinajstić information content (AvgIpc) is 3.19. The first-order valence-electron chi connectivity index (χ1n) is 6.16. The quantitative estimate of drug-likeness (QED) is 0.513. The summed E-state index contributed by atoms with van der Waals surface area (Å²) < 4.78 is 0. The summed E-state index contributed by atoms with van der Waals surface area (Å²) in [6, 6.07) is 4.49. The van der Waals surface area contributed by atoms with Crippen LogP contribution in [0.5, 0.6) is 0 Å². The molecule has 0 saturated heterocycles. The fourth-order valence-corrected chi connectivity index (χ4v) is 2.23. The zero-order valence-corrected chi connectivity index (χ0v) is 11.3. The SMILES string of the molecule is Cc1ccc([N+](=O)[O-])c(C(=O)NCC(Cl)C2CC2)c1. The topological polar surface area (TPSA) is 72.2 Å². The molecule has 1 aromatic carbocycles. The molecule has 1 saturated carbocycles. The summed E-state index contributed by atoms with van der Waals surface area (Å²) >= 11 is 6.09. The lowest BCUT2D eigenvalue weighted by Gasteiger charge is -2.10. The Balaban J connectivity index is 2.08. The Morgan fingerprint density at radius 1 is 1.58 bits per heavy atom. The van der Waals surface area contributed by atoms with Gasteiger partial charge >= 0.3 is 0 Å². The number of carbonyl (C=O) groups excluding carboxylic acids is 1. The van der Waals surface area contributed by atoms with Crippen LogP contribution in [0.15, 0.2) is 18.2 Å². The maximum absolute atomic E-state index is 12.0. The van der Waals surface area contributed by atoms with Crippen molar-refractivity contribution in [2.24, 2.45) is 5.92 Å². The molecule has 1 atom stereocenters. The van der Waals surface area contributed by atoms with Gasteiger partial charge in [0, 0.05) is 12.6 Å². The van der Waals surface area contributed by atoms with E-state index in [1.807, 2.05) is 0 Å². The zero-order chi connectivity index (χ0) is 14.0. The Morgan fingerprint density at radius 2 is 2.26 bits per heavy atom. The van der Waals surface area contributed by atoms with Crippen LogP contribution in [0.3, 0.4) is 0 Å². The number of aryl methyl sites for hydroxylation is 1. The van der Waals surface area contributed by atoms with E-state index < -0.39 is 10.8 Å². The number of hydrogen-bond acceptors (Lipinski definition) is 3. The normalized spacial score (nSPS) is 15.9. The second kappa shape index (κ2) is 5.57. The molecule has 5 nitrogen and oxygen atoms in total. The van der Waals surface area contributed by atoms with Crippen molar-refractivity contribution in [2.45, 2.75) is 25.1 Å². The van der Waals surface area contributed by atoms with E-state index in [9.17, 15) is 14.9 Å². The first-order valence-corrected chi connectivity index (χ1v) is 6.60. The van der Waals surface area contributed by atoms with Crippen molar-refractivity contribution in [3.63, 3.8) is 0 Å². The number of amides is 1. The van der Waals surface area contributed by atoms with E-state index in [-0.39, 0.29) is 16.6 Å². The number of carbonyl (C=O) groups is 1. The van der Waals surface area contributed by atoms with Gasteiger partial charge in [0.05, 0.1) is 10.3 Å². The minimum absolute atomic E-state index is 0.0877. The van der Waals surface area contributed by atoms with Crippen molar-refractivity contribution in [1.82, 2.24) is 5.32 Å². The average molecular weight is 283 g/mol. The number of benzene rings is 1. The zero-order valence-electron chi connectivity index (χ0n) is 10.6. The van der Waals surface area contributed by atoms with Gasteiger partial charge in [0.2, 0.25) is 0 Å². The van der Waals surface area contributed by atoms with Gasteiger partial charge in [-0.2, -0.15) is 0 Å². The molecule has 1 aliphatic carbocycles. The minimum atomic E-state index is -0.548. The first kappa shape index (κ1) is 13.8. The predicted molar refractivity (Wildman–Crippen MR) is 72.5 cm³/mol. The number of nitrogens with one attached hydrogen (secondary N) is 1. The molecule has 2 rings (SSSR count). The third-order valence-corrected chi connectivity index (χ3v) is 3.70. The molecule has 102 valence electrons. The molecule has 1 fully saturated rings. The van der Waals surface area contributed by atoms with E-state index in [4.69, 9.17) is 11.6 Å². The highest BCUT2D eigenvalue weighted by atomic mass is 35.5. The summed E-state index contributed by atoms with van der Waals surface area (Å²) in [6.07, 6.45) is 2.18. The monoisotopic (exact) mass is 282 g/mol. The third kappa shape index (κ3) is 3.44. The van der Waals surface area contributed by atoms with Crippen molar-refractivity contribution in [3.05, 3.63) is 39.4 Å². The first-order chi connectivity index (χ1) is 8.99. The van der Waals surface area contributed by atoms with Gasteiger partial charge < -0.3 is 5.32 Å². The van der Waals surface area contributed by atoms with Crippen LogP contribution in [0.25, 0.3) is 0 Å². The van der Waals surface area contributed by atoms with Crippen molar-refractivity contribution in [1.29, 1.82) is 0 Å². The molecule has 1 N–H and O–H groups in total. The van der Waals surface area contributed by atoms with Crippen LogP contribution in [0, 0.1) is 23.0 Å². The Morgan fingerprint density at radius 3 is 2.84 bits per heavy atom. The largest absolute Gasteiger partial charge is 0.350 e. The lowest BCUT2D eigenvalue weighted by Crippen LogP contribution is -2.31. The Kier molecular flexibility index (Phi) is 4.04. The maximum Gasteiger partial charge on any atom is 0.282 e. The summed E-state index contributed by atoms with van der Waals surface area (Å²) in [5, 5.41) is 13.5. The molecule has 0 radical (unpaired) electrons. The minimum Gasteiger partial charge on any atom is -0.350 e. The molecule has 0 aliphatic heterocycles. The van der Waals surface area contributed by atoms with Crippen LogP contribution >= 0.6 is 11.6 Å². The van der Waals surface area contributed by atoms with E-state index in [0.29, 0.717) is 12.5 Å². The second-order valence-electron chi connectivity index (χ2n) is 4.84. The van der Waals surface area contributed by atoms with Crippen LogP contribution in [0.2, 0.25) is 0 Å². The van der Waals surface area contributed by atoms with E-state index in [0.717, 1.165) is 18.4 Å². The molecule has 0 heterocycles. The molecule has 1 unspecified atom stereocenters. The summed E-state index contributed by atoms with van der Waals surface area (Å²) in [5.41, 5.74) is 0.714. The smallest absolute Gasteiger partial charge is 0.282 e. The molecule has 1 aliphatic rings. The maximum atomic E-state index is 12.0. The fourth-order valence-electron chi connectivity index (χ4n) is 1.90. The Bertz CT molecular complexity index is 515. The van der Waals surface area contributed by atoms with Crippen LogP contribution in [-0.2, 0) is 0 Å². The van der Waals surface area contributed by atoms with Crippen LogP contribution < -0.4 is 5.32 Å². The second-order valence-corrected chi connectivity index (χ2v) is 5.40. The molecule has 1 amide bonds. The summed E-state index contributed by atoms with van der Waals surface area (Å²) in [5.74, 6) is 0.0242. The lowest BCUT2D eigenvalue weighted by molar-refractivity contribution is -0.385. The summed E-state index contributed by atoms with van der Waals surface area (Å²) in [4.78, 5) is 22.3. The highest BCUT2D eigenvalue weighted by Gasteiger charge is 2.30. The molecular formula is C13H15ClN2O3. The number of halogens is 1. The van der Waals surface area contributed by atoms with Gasteiger partial charge in [0.15, 0.2) is 0 Å². The number of nitro groups is 1. The number of hydrogen-bond donors (Lipinski definition) is 1. The van der Waals surface area contributed by atoms with Gasteiger partial charge in [-0.3, -0.25) is 14.9 Å². The van der Waals surface area contributed by atoms with Crippen molar-refractivity contribution in [3.8, 4) is 0 Å². The van der Waals surface area contributed by atoms with Gasteiger partial charge in [0.1, 0.15) is 5.56 Å². The van der Waals surface area contributed by atoms with Gasteiger partial charge in [-0.1, -0.05) is 6.07 Å². The predicted octanol–water partition coefficient (Wildman–Crippen LogP) is 2.65. The van der Waals surface area contributed by atoms with Crippen LogP contribution in [0.4, 0.5) is 5.69 Å². The summed E-state index contributed by atoms with van der Waals surface area (Å²) in [7, 11) is 0. The number of nitrogens with zero attached hydrogens (tertiary/aromatic N) is 1. The van der Waals surface area contributed by atoms with Gasteiger partial charge in [-0.15, -0.1) is 11.6 Å². The fraction of sp³-hybridized carbons (Fsp3) is 0.462. The lowest BCUT2D eigenvalue weighted by atomic mass is 10.1. The van der Waals surface area contributed by atoms with Gasteiger partial charge in [0.25, 0.3) is 11.6 Å². The van der Waals surface area contributed by atoms with Gasteiger partial charge in [-0.25, -0.2) is 0 Å². The number of alkyl halides is 1. The molecule has 19 heavy (non-hydrogen) atoms. The van der Waals surface area contributed by atoms with Gasteiger partial charge in [-0.05, 0) is 37.3 Å².